The first-order chi connectivity index (χ1) is 9.08. The Morgan fingerprint density at radius 1 is 1.47 bits per heavy atom. The van der Waals surface area contributed by atoms with Crippen molar-refractivity contribution in [1.82, 2.24) is 5.32 Å². The van der Waals surface area contributed by atoms with E-state index in [2.05, 4.69) is 10.1 Å². The third-order valence-electron chi connectivity index (χ3n) is 2.96. The van der Waals surface area contributed by atoms with Crippen LogP contribution >= 0.6 is 11.6 Å². The molecule has 1 fully saturated rings. The van der Waals surface area contributed by atoms with E-state index in [9.17, 15) is 9.59 Å². The lowest BCUT2D eigenvalue weighted by Crippen LogP contribution is -2.41. The van der Waals surface area contributed by atoms with E-state index in [0.717, 1.165) is 24.9 Å². The topological polar surface area (TPSA) is 55.4 Å². The maximum absolute atomic E-state index is 10.7. The molecule has 1 aliphatic rings. The van der Waals surface area contributed by atoms with E-state index < -0.39 is 5.54 Å². The Morgan fingerprint density at radius 3 is 2.58 bits per heavy atom. The molecule has 19 heavy (non-hydrogen) atoms. The maximum atomic E-state index is 10.7. The van der Waals surface area contributed by atoms with Crippen molar-refractivity contribution in [2.45, 2.75) is 31.9 Å². The van der Waals surface area contributed by atoms with E-state index in [-0.39, 0.29) is 5.24 Å². The number of halogens is 1. The molecule has 0 spiro atoms. The van der Waals surface area contributed by atoms with Gasteiger partial charge in [-0.25, -0.2) is 0 Å². The summed E-state index contributed by atoms with van der Waals surface area (Å²) >= 11 is 5.32. The van der Waals surface area contributed by atoms with Crippen molar-refractivity contribution in [2.24, 2.45) is 0 Å². The summed E-state index contributed by atoms with van der Waals surface area (Å²) in [5, 5.41) is 2.79. The monoisotopic (exact) mass is 283 g/mol. The number of hydrogen-bond donors (Lipinski definition) is 1. The van der Waals surface area contributed by atoms with Gasteiger partial charge in [-0.3, -0.25) is 9.59 Å². The number of nitrogens with one attached hydrogen (secondary N) is 1. The van der Waals surface area contributed by atoms with Gasteiger partial charge in [0.2, 0.25) is 5.24 Å². The molecule has 1 atom stereocenters. The second kappa shape index (κ2) is 7.92. The zero-order valence-corrected chi connectivity index (χ0v) is 11.7. The zero-order chi connectivity index (χ0) is 14.1. The van der Waals surface area contributed by atoms with Crippen LogP contribution in [0.1, 0.15) is 25.3 Å². The van der Waals surface area contributed by atoms with E-state index in [1.54, 1.807) is 0 Å². The Balaban J connectivity index is 0.000000191. The normalized spacial score (nSPS) is 21.2. The average molecular weight is 284 g/mol. The Morgan fingerprint density at radius 2 is 2.16 bits per heavy atom. The van der Waals surface area contributed by atoms with Gasteiger partial charge in [-0.05, 0) is 43.5 Å². The molecular weight excluding hydrogens is 266 g/mol. The third kappa shape index (κ3) is 5.41. The van der Waals surface area contributed by atoms with Gasteiger partial charge in [0.1, 0.15) is 6.61 Å². The van der Waals surface area contributed by atoms with Crippen molar-refractivity contribution in [3.8, 4) is 0 Å². The minimum atomic E-state index is -0.429. The van der Waals surface area contributed by atoms with Crippen LogP contribution in [0.15, 0.2) is 30.3 Å². The summed E-state index contributed by atoms with van der Waals surface area (Å²) in [7, 11) is 0. The van der Waals surface area contributed by atoms with Gasteiger partial charge < -0.3 is 10.1 Å². The standard InChI is InChI=1S/C8H8O2.C6H10ClNO/c9-7-10-6-8-4-2-1-3-5-8;1-6(5(7)9)3-2-4-8-6/h1-5,7H,6H2;8H,2-4H2,1H3. The lowest BCUT2D eigenvalue weighted by molar-refractivity contribution is -0.129. The molecule has 2 rings (SSSR count). The van der Waals surface area contributed by atoms with Crippen LogP contribution in [0.2, 0.25) is 0 Å². The fourth-order valence-corrected chi connectivity index (χ4v) is 1.93. The predicted octanol–water partition coefficient (Wildman–Crippen LogP) is 2.25. The van der Waals surface area contributed by atoms with Gasteiger partial charge in [0, 0.05) is 0 Å². The van der Waals surface area contributed by atoms with Gasteiger partial charge in [-0.2, -0.15) is 0 Å². The van der Waals surface area contributed by atoms with Gasteiger partial charge in [-0.1, -0.05) is 30.3 Å². The first kappa shape index (κ1) is 15.7. The van der Waals surface area contributed by atoms with E-state index in [4.69, 9.17) is 11.6 Å². The highest BCUT2D eigenvalue weighted by Crippen LogP contribution is 2.20. The van der Waals surface area contributed by atoms with Crippen molar-refractivity contribution in [3.05, 3.63) is 35.9 Å². The molecule has 1 aliphatic heterocycles. The zero-order valence-electron chi connectivity index (χ0n) is 10.9. The van der Waals surface area contributed by atoms with Crippen molar-refractivity contribution in [2.75, 3.05) is 6.54 Å². The molecule has 1 aromatic rings. The molecule has 1 unspecified atom stereocenters. The van der Waals surface area contributed by atoms with Crippen molar-refractivity contribution in [3.63, 3.8) is 0 Å². The van der Waals surface area contributed by atoms with Crippen LogP contribution < -0.4 is 5.32 Å². The molecule has 0 bridgehead atoms. The molecule has 0 aromatic heterocycles. The second-order valence-corrected chi connectivity index (χ2v) is 4.87. The summed E-state index contributed by atoms with van der Waals surface area (Å²) in [6, 6.07) is 9.55. The number of benzene rings is 1. The summed E-state index contributed by atoms with van der Waals surface area (Å²) in [5.74, 6) is 0. The van der Waals surface area contributed by atoms with Crippen molar-refractivity contribution >= 4 is 23.3 Å². The molecule has 0 aliphatic carbocycles. The van der Waals surface area contributed by atoms with Gasteiger partial charge in [-0.15, -0.1) is 0 Å². The van der Waals surface area contributed by atoms with Crippen molar-refractivity contribution in [1.29, 1.82) is 0 Å². The van der Waals surface area contributed by atoms with Crippen LogP contribution in [0.25, 0.3) is 0 Å². The lowest BCUT2D eigenvalue weighted by Gasteiger charge is -2.17. The largest absolute Gasteiger partial charge is 0.463 e. The quantitative estimate of drug-likeness (QED) is 0.680. The number of hydrogen-bond acceptors (Lipinski definition) is 4. The predicted molar refractivity (Wildman–Crippen MR) is 73.8 cm³/mol. The Kier molecular flexibility index (Phi) is 6.53. The smallest absolute Gasteiger partial charge is 0.293 e. The summed E-state index contributed by atoms with van der Waals surface area (Å²) in [4.78, 5) is 20.4. The Bertz CT molecular complexity index is 402. The average Bonchev–Trinajstić information content (AvgIpc) is 2.87. The summed E-state index contributed by atoms with van der Waals surface area (Å²) in [6.07, 6.45) is 1.92. The van der Waals surface area contributed by atoms with Gasteiger partial charge >= 0.3 is 0 Å². The number of ether oxygens (including phenoxy) is 1. The number of rotatable bonds is 4. The van der Waals surface area contributed by atoms with E-state index in [1.165, 1.54) is 0 Å². The number of carbonyl (C=O) groups is 2. The molecule has 4 nitrogen and oxygen atoms in total. The molecule has 1 N–H and O–H groups in total. The summed E-state index contributed by atoms with van der Waals surface area (Å²) in [5.41, 5.74) is 0.580. The molecule has 5 heteroatoms. The second-order valence-electron chi connectivity index (χ2n) is 4.53. The molecule has 1 saturated heterocycles. The first-order valence-electron chi connectivity index (χ1n) is 6.12. The van der Waals surface area contributed by atoms with E-state index in [0.29, 0.717) is 13.1 Å². The SMILES string of the molecule is CC1(C(=O)Cl)CCCN1.O=COCc1ccccc1. The molecule has 0 amide bonds. The van der Waals surface area contributed by atoms with Crippen LogP contribution in [-0.2, 0) is 20.9 Å². The molecule has 104 valence electrons. The van der Waals surface area contributed by atoms with E-state index in [1.807, 2.05) is 37.3 Å². The molecule has 0 saturated carbocycles. The minimum Gasteiger partial charge on any atom is -0.463 e. The first-order valence-corrected chi connectivity index (χ1v) is 6.50. The van der Waals surface area contributed by atoms with Crippen LogP contribution in [0.5, 0.6) is 0 Å². The fraction of sp³-hybridized carbons (Fsp3) is 0.429. The van der Waals surface area contributed by atoms with Crippen LogP contribution in [0.3, 0.4) is 0 Å². The van der Waals surface area contributed by atoms with Crippen LogP contribution in [0.4, 0.5) is 0 Å². The third-order valence-corrected chi connectivity index (χ3v) is 3.38. The summed E-state index contributed by atoms with van der Waals surface area (Å²) in [6.45, 7) is 3.57. The lowest BCUT2D eigenvalue weighted by atomic mass is 10.0. The fourth-order valence-electron chi connectivity index (χ4n) is 1.77. The van der Waals surface area contributed by atoms with Crippen LogP contribution in [0, 0.1) is 0 Å². The highest BCUT2D eigenvalue weighted by molar-refractivity contribution is 6.65. The molecular formula is C14H18ClNO3. The Labute approximate surface area is 118 Å². The minimum absolute atomic E-state index is 0.264. The highest BCUT2D eigenvalue weighted by Gasteiger charge is 2.34. The highest BCUT2D eigenvalue weighted by atomic mass is 35.5. The Hall–Kier alpha value is -1.39. The molecule has 1 aromatic carbocycles. The number of carbonyl (C=O) groups excluding carboxylic acids is 2. The van der Waals surface area contributed by atoms with Gasteiger partial charge in [0.15, 0.2) is 0 Å². The molecule has 0 radical (unpaired) electrons. The van der Waals surface area contributed by atoms with Gasteiger partial charge in [0.05, 0.1) is 5.54 Å². The summed E-state index contributed by atoms with van der Waals surface area (Å²) < 4.78 is 4.54. The van der Waals surface area contributed by atoms with E-state index >= 15 is 0 Å². The maximum Gasteiger partial charge on any atom is 0.293 e. The van der Waals surface area contributed by atoms with Crippen molar-refractivity contribution < 1.29 is 14.3 Å². The van der Waals surface area contributed by atoms with Crippen LogP contribution in [-0.4, -0.2) is 23.8 Å². The molecule has 1 heterocycles. The van der Waals surface area contributed by atoms with Gasteiger partial charge in [0.25, 0.3) is 6.47 Å².